The third kappa shape index (κ3) is 2.63. The molecule has 0 aliphatic carbocycles. The van der Waals surface area contributed by atoms with E-state index in [0.29, 0.717) is 12.1 Å². The summed E-state index contributed by atoms with van der Waals surface area (Å²) in [5.41, 5.74) is 2.81. The van der Waals surface area contributed by atoms with E-state index >= 15 is 0 Å². The molecule has 1 fully saturated rings. The maximum Gasteiger partial charge on any atom is 0.0429 e. The van der Waals surface area contributed by atoms with Crippen molar-refractivity contribution in [3.8, 4) is 0 Å². The van der Waals surface area contributed by atoms with Gasteiger partial charge in [-0.3, -0.25) is 4.90 Å². The molecular formula is C16H25N3. The normalized spacial score (nSPS) is 30.6. The third-order valence-corrected chi connectivity index (χ3v) is 4.63. The predicted octanol–water partition coefficient (Wildman–Crippen LogP) is 1.91. The van der Waals surface area contributed by atoms with Gasteiger partial charge >= 0.3 is 0 Å². The first-order valence-electron chi connectivity index (χ1n) is 7.36. The van der Waals surface area contributed by atoms with Crippen molar-refractivity contribution < 1.29 is 0 Å². The SMILES string of the molecule is CC1CN(CC2Cc3ccccc3N2)CC1N(C)C. The highest BCUT2D eigenvalue weighted by Crippen LogP contribution is 2.27. The van der Waals surface area contributed by atoms with E-state index in [9.17, 15) is 0 Å². The second-order valence-electron chi connectivity index (χ2n) is 6.43. The first-order valence-corrected chi connectivity index (χ1v) is 7.36. The molecule has 0 aromatic heterocycles. The van der Waals surface area contributed by atoms with E-state index in [2.05, 4.69) is 60.4 Å². The number of likely N-dealkylation sites (tertiary alicyclic amines) is 1. The lowest BCUT2D eigenvalue weighted by Gasteiger charge is -2.23. The summed E-state index contributed by atoms with van der Waals surface area (Å²) in [6.45, 7) is 5.99. The van der Waals surface area contributed by atoms with Crippen molar-refractivity contribution in [2.75, 3.05) is 39.0 Å². The van der Waals surface area contributed by atoms with Gasteiger partial charge in [0.15, 0.2) is 0 Å². The van der Waals surface area contributed by atoms with E-state index in [4.69, 9.17) is 0 Å². The van der Waals surface area contributed by atoms with E-state index in [1.165, 1.54) is 37.3 Å². The molecule has 2 heterocycles. The fourth-order valence-corrected chi connectivity index (χ4v) is 3.67. The minimum absolute atomic E-state index is 0.588. The fourth-order valence-electron chi connectivity index (χ4n) is 3.67. The van der Waals surface area contributed by atoms with Crippen LogP contribution in [0.25, 0.3) is 0 Å². The van der Waals surface area contributed by atoms with Crippen molar-refractivity contribution in [2.24, 2.45) is 5.92 Å². The average molecular weight is 259 g/mol. The monoisotopic (exact) mass is 259 g/mol. The van der Waals surface area contributed by atoms with Gasteiger partial charge in [-0.2, -0.15) is 0 Å². The molecule has 1 N–H and O–H groups in total. The van der Waals surface area contributed by atoms with Gasteiger partial charge in [0.25, 0.3) is 0 Å². The van der Waals surface area contributed by atoms with E-state index in [1.807, 2.05) is 0 Å². The highest BCUT2D eigenvalue weighted by Gasteiger charge is 2.33. The zero-order valence-electron chi connectivity index (χ0n) is 12.3. The Morgan fingerprint density at radius 2 is 2.05 bits per heavy atom. The minimum Gasteiger partial charge on any atom is -0.380 e. The molecule has 2 aliphatic rings. The molecule has 0 saturated carbocycles. The molecule has 3 nitrogen and oxygen atoms in total. The van der Waals surface area contributed by atoms with Gasteiger partial charge in [-0.15, -0.1) is 0 Å². The van der Waals surface area contributed by atoms with Gasteiger partial charge in [0.2, 0.25) is 0 Å². The van der Waals surface area contributed by atoms with Crippen LogP contribution in [0, 0.1) is 5.92 Å². The maximum absolute atomic E-state index is 3.66. The summed E-state index contributed by atoms with van der Waals surface area (Å²) < 4.78 is 0. The average Bonchev–Trinajstić information content (AvgIpc) is 2.92. The molecule has 1 saturated heterocycles. The molecule has 3 rings (SSSR count). The van der Waals surface area contributed by atoms with Gasteiger partial charge in [-0.25, -0.2) is 0 Å². The minimum atomic E-state index is 0.588. The third-order valence-electron chi connectivity index (χ3n) is 4.63. The molecule has 3 atom stereocenters. The quantitative estimate of drug-likeness (QED) is 0.894. The Hall–Kier alpha value is -1.06. The number of hydrogen-bond acceptors (Lipinski definition) is 3. The van der Waals surface area contributed by atoms with E-state index in [1.54, 1.807) is 0 Å². The topological polar surface area (TPSA) is 18.5 Å². The maximum atomic E-state index is 3.66. The van der Waals surface area contributed by atoms with Gasteiger partial charge in [0.05, 0.1) is 0 Å². The number of likely N-dealkylation sites (N-methyl/N-ethyl adjacent to an activating group) is 1. The first-order chi connectivity index (χ1) is 9.13. The predicted molar refractivity (Wildman–Crippen MR) is 80.6 cm³/mol. The van der Waals surface area contributed by atoms with Crippen molar-refractivity contribution in [3.05, 3.63) is 29.8 Å². The number of nitrogens with one attached hydrogen (secondary N) is 1. The zero-order chi connectivity index (χ0) is 13.4. The fraction of sp³-hybridized carbons (Fsp3) is 0.625. The highest BCUT2D eigenvalue weighted by molar-refractivity contribution is 5.56. The number of para-hydroxylation sites is 1. The molecule has 104 valence electrons. The standard InChI is InChI=1S/C16H25N3/c1-12-9-19(11-16(12)18(2)3)10-14-8-13-6-4-5-7-15(13)17-14/h4-7,12,14,16-17H,8-11H2,1-3H3. The Morgan fingerprint density at radius 3 is 2.74 bits per heavy atom. The summed E-state index contributed by atoms with van der Waals surface area (Å²) in [6, 6.07) is 10.0. The van der Waals surface area contributed by atoms with Crippen LogP contribution in [-0.2, 0) is 6.42 Å². The van der Waals surface area contributed by atoms with Crippen LogP contribution in [0.2, 0.25) is 0 Å². The lowest BCUT2D eigenvalue weighted by atomic mass is 10.1. The number of nitrogens with zero attached hydrogens (tertiary/aromatic N) is 2. The van der Waals surface area contributed by atoms with Crippen molar-refractivity contribution in [3.63, 3.8) is 0 Å². The highest BCUT2D eigenvalue weighted by atomic mass is 15.2. The van der Waals surface area contributed by atoms with Crippen molar-refractivity contribution in [1.29, 1.82) is 0 Å². The molecule has 1 aromatic rings. The Morgan fingerprint density at radius 1 is 1.26 bits per heavy atom. The number of anilines is 1. The summed E-state index contributed by atoms with van der Waals surface area (Å²) in [7, 11) is 4.41. The van der Waals surface area contributed by atoms with Gasteiger partial charge in [-0.1, -0.05) is 25.1 Å². The number of rotatable bonds is 3. The smallest absolute Gasteiger partial charge is 0.0429 e. The van der Waals surface area contributed by atoms with Crippen molar-refractivity contribution in [1.82, 2.24) is 9.80 Å². The Balaban J connectivity index is 1.57. The summed E-state index contributed by atoms with van der Waals surface area (Å²) in [4.78, 5) is 5.00. The molecule has 0 amide bonds. The Kier molecular flexibility index (Phi) is 3.50. The van der Waals surface area contributed by atoms with Crippen LogP contribution in [0.5, 0.6) is 0 Å². The van der Waals surface area contributed by atoms with Crippen LogP contribution in [0.15, 0.2) is 24.3 Å². The molecule has 0 radical (unpaired) electrons. The van der Waals surface area contributed by atoms with Crippen LogP contribution in [0.3, 0.4) is 0 Å². The van der Waals surface area contributed by atoms with Crippen LogP contribution in [-0.4, -0.2) is 55.6 Å². The van der Waals surface area contributed by atoms with Crippen LogP contribution in [0.1, 0.15) is 12.5 Å². The summed E-state index contributed by atoms with van der Waals surface area (Å²) in [5, 5.41) is 3.66. The number of fused-ring (bicyclic) bond motifs is 1. The molecule has 3 unspecified atom stereocenters. The largest absolute Gasteiger partial charge is 0.380 e. The lowest BCUT2D eigenvalue weighted by Crippen LogP contribution is -2.37. The number of benzene rings is 1. The van der Waals surface area contributed by atoms with Crippen molar-refractivity contribution >= 4 is 5.69 Å². The number of hydrogen-bond donors (Lipinski definition) is 1. The van der Waals surface area contributed by atoms with Gasteiger partial charge in [0, 0.05) is 37.4 Å². The van der Waals surface area contributed by atoms with Crippen LogP contribution in [0.4, 0.5) is 5.69 Å². The molecule has 3 heteroatoms. The molecule has 1 aromatic carbocycles. The zero-order valence-corrected chi connectivity index (χ0v) is 12.3. The Bertz CT molecular complexity index is 418. The van der Waals surface area contributed by atoms with E-state index in [0.717, 1.165) is 5.92 Å². The van der Waals surface area contributed by atoms with Gasteiger partial charge < -0.3 is 10.2 Å². The van der Waals surface area contributed by atoms with Crippen LogP contribution >= 0.6 is 0 Å². The molecule has 0 bridgehead atoms. The second kappa shape index (κ2) is 5.14. The first kappa shape index (κ1) is 12.9. The summed E-state index contributed by atoms with van der Waals surface area (Å²) in [6.07, 6.45) is 1.17. The Labute approximate surface area is 116 Å². The molecule has 2 aliphatic heterocycles. The lowest BCUT2D eigenvalue weighted by molar-refractivity contribution is 0.250. The molecule has 0 spiro atoms. The summed E-state index contributed by atoms with van der Waals surface area (Å²) >= 11 is 0. The van der Waals surface area contributed by atoms with Crippen molar-refractivity contribution in [2.45, 2.75) is 25.4 Å². The van der Waals surface area contributed by atoms with E-state index in [-0.39, 0.29) is 0 Å². The van der Waals surface area contributed by atoms with E-state index < -0.39 is 0 Å². The van der Waals surface area contributed by atoms with Gasteiger partial charge in [0.1, 0.15) is 0 Å². The molecular weight excluding hydrogens is 234 g/mol. The molecule has 19 heavy (non-hydrogen) atoms. The second-order valence-corrected chi connectivity index (χ2v) is 6.43. The van der Waals surface area contributed by atoms with Crippen LogP contribution < -0.4 is 5.32 Å². The van der Waals surface area contributed by atoms with Gasteiger partial charge in [-0.05, 0) is 38.1 Å². The summed E-state index contributed by atoms with van der Waals surface area (Å²) in [5.74, 6) is 0.777.